The number of carbonyl (C=O) groups excluding carboxylic acids is 1. The Balaban J connectivity index is 1.76. The number of rotatable bonds is 5. The van der Waals surface area contributed by atoms with Crippen LogP contribution in [0.2, 0.25) is 0 Å². The summed E-state index contributed by atoms with van der Waals surface area (Å²) in [7, 11) is -3.48. The van der Waals surface area contributed by atoms with E-state index in [0.29, 0.717) is 19.5 Å². The zero-order valence-corrected chi connectivity index (χ0v) is 12.1. The third-order valence-electron chi connectivity index (χ3n) is 3.90. The summed E-state index contributed by atoms with van der Waals surface area (Å²) < 4.78 is 22.1. The summed E-state index contributed by atoms with van der Waals surface area (Å²) in [5, 5.41) is 5.03. The first-order valence-electron chi connectivity index (χ1n) is 6.94. The highest BCUT2D eigenvalue weighted by molar-refractivity contribution is 7.89. The maximum absolute atomic E-state index is 11.8. The minimum Gasteiger partial charge on any atom is -0.341 e. The van der Waals surface area contributed by atoms with E-state index in [9.17, 15) is 13.2 Å². The summed E-state index contributed by atoms with van der Waals surface area (Å²) in [5.74, 6) is -0.159. The lowest BCUT2D eigenvalue weighted by Crippen LogP contribution is -2.38. The van der Waals surface area contributed by atoms with Crippen LogP contribution in [0, 0.1) is 5.92 Å². The first-order chi connectivity index (χ1) is 8.94. The molecule has 2 N–H and O–H groups in total. The first kappa shape index (κ1) is 14.7. The summed E-state index contributed by atoms with van der Waals surface area (Å²) in [5.41, 5.74) is 0. The summed E-state index contributed by atoms with van der Waals surface area (Å²) in [4.78, 5) is 16.0. The number of likely N-dealkylation sites (tertiary alicyclic amines) is 2. The Kier molecular flexibility index (Phi) is 4.81. The molecule has 1 unspecified atom stereocenters. The molecule has 2 aliphatic rings. The van der Waals surface area contributed by atoms with Crippen molar-refractivity contribution in [3.8, 4) is 0 Å². The lowest BCUT2D eigenvalue weighted by Gasteiger charge is -2.28. The maximum Gasteiger partial charge on any atom is 0.223 e. The second-order valence-electron chi connectivity index (χ2n) is 5.64. The van der Waals surface area contributed by atoms with Crippen LogP contribution in [-0.2, 0) is 14.8 Å². The number of nitrogens with two attached hydrogens (primary N) is 1. The molecule has 1 atom stereocenters. The van der Waals surface area contributed by atoms with E-state index in [-0.39, 0.29) is 17.6 Å². The molecule has 6 nitrogen and oxygen atoms in total. The number of hydrogen-bond donors (Lipinski definition) is 1. The van der Waals surface area contributed by atoms with Gasteiger partial charge in [0.05, 0.1) is 5.75 Å². The summed E-state index contributed by atoms with van der Waals surface area (Å²) in [6.45, 7) is 4.36. The molecule has 0 radical (unpaired) electrons. The van der Waals surface area contributed by atoms with Gasteiger partial charge in [-0.05, 0) is 25.9 Å². The summed E-state index contributed by atoms with van der Waals surface area (Å²) in [6, 6.07) is 0. The predicted molar refractivity (Wildman–Crippen MR) is 73.0 cm³/mol. The zero-order valence-electron chi connectivity index (χ0n) is 11.3. The SMILES string of the molecule is NS(=O)(=O)CC1CC(=O)N(CCN2CCCCC2)C1. The third kappa shape index (κ3) is 4.74. The van der Waals surface area contributed by atoms with Crippen LogP contribution in [0.4, 0.5) is 0 Å². The Morgan fingerprint density at radius 2 is 1.84 bits per heavy atom. The molecule has 19 heavy (non-hydrogen) atoms. The van der Waals surface area contributed by atoms with Crippen molar-refractivity contribution in [1.82, 2.24) is 9.80 Å². The fourth-order valence-corrected chi connectivity index (χ4v) is 3.84. The highest BCUT2D eigenvalue weighted by Gasteiger charge is 2.31. The monoisotopic (exact) mass is 289 g/mol. The van der Waals surface area contributed by atoms with E-state index in [1.165, 1.54) is 19.3 Å². The Bertz CT molecular complexity index is 418. The van der Waals surface area contributed by atoms with E-state index in [2.05, 4.69) is 4.90 Å². The molecule has 2 aliphatic heterocycles. The molecule has 0 aromatic rings. The smallest absolute Gasteiger partial charge is 0.223 e. The normalized spacial score (nSPS) is 26.1. The lowest BCUT2D eigenvalue weighted by atomic mass is 10.1. The molecule has 7 heteroatoms. The first-order valence-corrected chi connectivity index (χ1v) is 8.66. The van der Waals surface area contributed by atoms with Crippen molar-refractivity contribution in [2.24, 2.45) is 11.1 Å². The van der Waals surface area contributed by atoms with Gasteiger partial charge in [-0.2, -0.15) is 0 Å². The number of carbonyl (C=O) groups is 1. The van der Waals surface area contributed by atoms with E-state index in [1.54, 1.807) is 4.90 Å². The maximum atomic E-state index is 11.8. The van der Waals surface area contributed by atoms with Gasteiger partial charge in [-0.25, -0.2) is 13.6 Å². The van der Waals surface area contributed by atoms with E-state index in [0.717, 1.165) is 19.6 Å². The molecule has 1 amide bonds. The number of hydrogen-bond acceptors (Lipinski definition) is 4. The van der Waals surface area contributed by atoms with Crippen LogP contribution in [0.1, 0.15) is 25.7 Å². The number of sulfonamides is 1. The van der Waals surface area contributed by atoms with Crippen molar-refractivity contribution in [2.45, 2.75) is 25.7 Å². The molecule has 2 fully saturated rings. The van der Waals surface area contributed by atoms with Gasteiger partial charge in [-0.3, -0.25) is 4.79 Å². The Hall–Kier alpha value is -0.660. The number of amides is 1. The van der Waals surface area contributed by atoms with E-state index in [1.807, 2.05) is 0 Å². The number of piperidine rings is 1. The molecule has 0 aromatic heterocycles. The van der Waals surface area contributed by atoms with Crippen LogP contribution in [0.5, 0.6) is 0 Å². The fraction of sp³-hybridized carbons (Fsp3) is 0.917. The van der Waals surface area contributed by atoms with Crippen LogP contribution in [-0.4, -0.2) is 62.6 Å². The molecule has 2 rings (SSSR count). The molecule has 0 bridgehead atoms. The molecule has 0 aliphatic carbocycles. The average molecular weight is 289 g/mol. The molecule has 0 aromatic carbocycles. The van der Waals surface area contributed by atoms with Crippen LogP contribution >= 0.6 is 0 Å². The van der Waals surface area contributed by atoms with Gasteiger partial charge in [0.2, 0.25) is 15.9 Å². The minimum atomic E-state index is -3.48. The van der Waals surface area contributed by atoms with Crippen LogP contribution in [0.3, 0.4) is 0 Å². The molecular weight excluding hydrogens is 266 g/mol. The second kappa shape index (κ2) is 6.19. The topological polar surface area (TPSA) is 83.7 Å². The van der Waals surface area contributed by atoms with E-state index in [4.69, 9.17) is 5.14 Å². The van der Waals surface area contributed by atoms with Crippen LogP contribution in [0.15, 0.2) is 0 Å². The van der Waals surface area contributed by atoms with Gasteiger partial charge < -0.3 is 9.80 Å². The van der Waals surface area contributed by atoms with Crippen molar-refractivity contribution in [2.75, 3.05) is 38.5 Å². The highest BCUT2D eigenvalue weighted by atomic mass is 32.2. The van der Waals surface area contributed by atoms with Gasteiger partial charge in [-0.1, -0.05) is 6.42 Å². The lowest BCUT2D eigenvalue weighted by molar-refractivity contribution is -0.127. The van der Waals surface area contributed by atoms with E-state index >= 15 is 0 Å². The molecule has 2 heterocycles. The van der Waals surface area contributed by atoms with Gasteiger partial charge >= 0.3 is 0 Å². The Morgan fingerprint density at radius 3 is 2.47 bits per heavy atom. The third-order valence-corrected chi connectivity index (χ3v) is 4.83. The largest absolute Gasteiger partial charge is 0.341 e. The Morgan fingerprint density at radius 1 is 1.16 bits per heavy atom. The molecule has 2 saturated heterocycles. The van der Waals surface area contributed by atoms with Gasteiger partial charge in [0, 0.05) is 32.0 Å². The summed E-state index contributed by atoms with van der Waals surface area (Å²) >= 11 is 0. The second-order valence-corrected chi connectivity index (χ2v) is 7.30. The number of nitrogens with zero attached hydrogens (tertiary/aromatic N) is 2. The number of primary sulfonamides is 1. The predicted octanol–water partition coefficient (Wildman–Crippen LogP) is -0.391. The van der Waals surface area contributed by atoms with Crippen molar-refractivity contribution in [3.05, 3.63) is 0 Å². The zero-order chi connectivity index (χ0) is 13.9. The van der Waals surface area contributed by atoms with Gasteiger partial charge in [0.15, 0.2) is 0 Å². The average Bonchev–Trinajstić information content (AvgIpc) is 2.66. The van der Waals surface area contributed by atoms with Crippen molar-refractivity contribution in [3.63, 3.8) is 0 Å². The highest BCUT2D eigenvalue weighted by Crippen LogP contribution is 2.19. The van der Waals surface area contributed by atoms with E-state index < -0.39 is 10.0 Å². The molecule has 0 spiro atoms. The van der Waals surface area contributed by atoms with Crippen molar-refractivity contribution in [1.29, 1.82) is 0 Å². The fourth-order valence-electron chi connectivity index (χ4n) is 2.96. The minimum absolute atomic E-state index is 0.0608. The van der Waals surface area contributed by atoms with Crippen LogP contribution < -0.4 is 5.14 Å². The van der Waals surface area contributed by atoms with Crippen LogP contribution in [0.25, 0.3) is 0 Å². The van der Waals surface area contributed by atoms with Gasteiger partial charge in [-0.15, -0.1) is 0 Å². The van der Waals surface area contributed by atoms with Gasteiger partial charge in [0.25, 0.3) is 0 Å². The quantitative estimate of drug-likeness (QED) is 0.747. The van der Waals surface area contributed by atoms with Crippen molar-refractivity contribution >= 4 is 15.9 Å². The molecule has 110 valence electrons. The Labute approximate surface area is 115 Å². The van der Waals surface area contributed by atoms with Crippen molar-refractivity contribution < 1.29 is 13.2 Å². The van der Waals surface area contributed by atoms with Gasteiger partial charge in [0.1, 0.15) is 0 Å². The molecule has 0 saturated carbocycles. The summed E-state index contributed by atoms with van der Waals surface area (Å²) in [6.07, 6.45) is 4.09. The standard InChI is InChI=1S/C12H23N3O3S/c13-19(17,18)10-11-8-12(16)15(9-11)7-6-14-4-2-1-3-5-14/h11H,1-10H2,(H2,13,17,18). The molecular formula is C12H23N3O3S.